The Bertz CT molecular complexity index is 1160. The van der Waals surface area contributed by atoms with E-state index in [1.807, 2.05) is 13.8 Å². The van der Waals surface area contributed by atoms with Crippen LogP contribution in [0.4, 0.5) is 0 Å². The highest BCUT2D eigenvalue weighted by atomic mass is 32.2. The number of nitrogens with one attached hydrogen (secondary N) is 1. The molecule has 1 heterocycles. The average Bonchev–Trinajstić information content (AvgIpc) is 3.32. The van der Waals surface area contributed by atoms with Gasteiger partial charge in [0.15, 0.2) is 21.3 Å². The zero-order valence-electron chi connectivity index (χ0n) is 23.6. The molecule has 1 saturated heterocycles. The summed E-state index contributed by atoms with van der Waals surface area (Å²) in [5, 5.41) is 9.32. The van der Waals surface area contributed by atoms with Crippen molar-refractivity contribution in [3.8, 4) is 17.2 Å². The van der Waals surface area contributed by atoms with Gasteiger partial charge in [-0.1, -0.05) is 32.0 Å². The Labute approximate surface area is 231 Å². The predicted molar refractivity (Wildman–Crippen MR) is 146 cm³/mol. The first-order chi connectivity index (χ1) is 18.7. The third-order valence-electron chi connectivity index (χ3n) is 6.68. The molecule has 11 heteroatoms. The summed E-state index contributed by atoms with van der Waals surface area (Å²) < 4.78 is 63.2. The second-order valence-electron chi connectivity index (χ2n) is 9.47. The Morgan fingerprint density at radius 2 is 1.72 bits per heavy atom. The molecule has 1 fully saturated rings. The normalized spacial score (nSPS) is 22.0. The minimum absolute atomic E-state index is 0.0184. The molecule has 0 radical (unpaired) electrons. The highest BCUT2D eigenvalue weighted by molar-refractivity contribution is 7.91. The van der Waals surface area contributed by atoms with Crippen LogP contribution in [0.25, 0.3) is 0 Å². The van der Waals surface area contributed by atoms with Crippen molar-refractivity contribution in [2.45, 2.75) is 62.4 Å². The van der Waals surface area contributed by atoms with Crippen molar-refractivity contribution < 1.29 is 42.0 Å². The first-order valence-electron chi connectivity index (χ1n) is 13.1. The Balaban J connectivity index is 2.36. The number of hydrogen-bond acceptors (Lipinski definition) is 10. The lowest BCUT2D eigenvalue weighted by molar-refractivity contribution is -0.0964. The van der Waals surface area contributed by atoms with Crippen LogP contribution in [0.2, 0.25) is 0 Å². The minimum atomic E-state index is -3.67. The number of methoxy groups -OCH3 is 3. The first-order valence-corrected chi connectivity index (χ1v) is 14.8. The van der Waals surface area contributed by atoms with E-state index in [-0.39, 0.29) is 29.9 Å². The lowest BCUT2D eigenvalue weighted by Gasteiger charge is -2.38. The lowest BCUT2D eigenvalue weighted by atomic mass is 9.80. The van der Waals surface area contributed by atoms with Gasteiger partial charge in [0.25, 0.3) is 0 Å². The molecule has 39 heavy (non-hydrogen) atoms. The molecule has 2 aromatic carbocycles. The Kier molecular flexibility index (Phi) is 11.0. The first kappa shape index (κ1) is 31.1. The molecule has 0 amide bonds. The third kappa shape index (κ3) is 6.34. The van der Waals surface area contributed by atoms with E-state index >= 15 is 0 Å². The fraction of sp³-hybridized carbons (Fsp3) is 0.571. The van der Waals surface area contributed by atoms with Crippen LogP contribution in [0.1, 0.15) is 44.7 Å². The quantitative estimate of drug-likeness (QED) is 0.308. The van der Waals surface area contributed by atoms with Crippen LogP contribution in [0, 0.1) is 0 Å². The van der Waals surface area contributed by atoms with Crippen molar-refractivity contribution in [3.63, 3.8) is 0 Å². The van der Waals surface area contributed by atoms with E-state index in [0.29, 0.717) is 41.4 Å². The van der Waals surface area contributed by atoms with Gasteiger partial charge in [0.1, 0.15) is 17.8 Å². The maximum atomic E-state index is 13.6. The molecule has 0 aromatic heterocycles. The van der Waals surface area contributed by atoms with Crippen LogP contribution in [0.5, 0.6) is 17.2 Å². The second-order valence-corrected chi connectivity index (χ2v) is 11.5. The molecule has 0 bridgehead atoms. The van der Waals surface area contributed by atoms with Gasteiger partial charge in [0.05, 0.1) is 51.2 Å². The van der Waals surface area contributed by atoms with Crippen LogP contribution < -0.4 is 19.7 Å². The summed E-state index contributed by atoms with van der Waals surface area (Å²) in [6.07, 6.45) is -0.140. The van der Waals surface area contributed by atoms with E-state index in [9.17, 15) is 13.6 Å². The number of sulfone groups is 1. The highest BCUT2D eigenvalue weighted by Gasteiger charge is 2.56. The Morgan fingerprint density at radius 1 is 1.05 bits per heavy atom. The molecule has 218 valence electrons. The van der Waals surface area contributed by atoms with Gasteiger partial charge in [-0.2, -0.15) is 0 Å². The van der Waals surface area contributed by atoms with Gasteiger partial charge < -0.3 is 33.6 Å². The van der Waals surface area contributed by atoms with Crippen LogP contribution in [0.3, 0.4) is 0 Å². The third-order valence-corrected chi connectivity index (χ3v) is 8.66. The van der Waals surface area contributed by atoms with E-state index in [1.165, 1.54) is 21.3 Å². The number of ether oxygens (including phenoxy) is 6. The van der Waals surface area contributed by atoms with E-state index < -0.39 is 27.6 Å². The smallest absolute Gasteiger partial charge is 0.203 e. The molecule has 10 nitrogen and oxygen atoms in total. The van der Waals surface area contributed by atoms with Gasteiger partial charge in [-0.05, 0) is 43.5 Å². The monoisotopic (exact) mass is 567 g/mol. The summed E-state index contributed by atoms with van der Waals surface area (Å²) in [4.78, 5) is 0.164. The molecule has 0 aliphatic carbocycles. The molecule has 0 saturated carbocycles. The predicted octanol–water partition coefficient (Wildman–Crippen LogP) is 3.72. The van der Waals surface area contributed by atoms with E-state index in [4.69, 9.17) is 28.4 Å². The van der Waals surface area contributed by atoms with Crippen molar-refractivity contribution in [1.29, 1.82) is 0 Å². The van der Waals surface area contributed by atoms with E-state index in [1.54, 1.807) is 43.3 Å². The molecule has 1 aliphatic heterocycles. The number of rotatable bonds is 15. The molecular weight excluding hydrogens is 526 g/mol. The molecule has 2 aromatic rings. The van der Waals surface area contributed by atoms with Crippen LogP contribution >= 0.6 is 0 Å². The summed E-state index contributed by atoms with van der Waals surface area (Å²) in [6, 6.07) is 10.0. The van der Waals surface area contributed by atoms with Crippen molar-refractivity contribution >= 4 is 9.84 Å². The zero-order chi connectivity index (χ0) is 28.6. The molecule has 2 N–H and O–H groups in total. The molecule has 3 rings (SSSR count). The van der Waals surface area contributed by atoms with Gasteiger partial charge in [-0.15, -0.1) is 0 Å². The van der Waals surface area contributed by atoms with Crippen molar-refractivity contribution in [1.82, 2.24) is 5.48 Å². The Morgan fingerprint density at radius 3 is 2.28 bits per heavy atom. The van der Waals surface area contributed by atoms with Gasteiger partial charge in [0.2, 0.25) is 5.75 Å². The zero-order valence-corrected chi connectivity index (χ0v) is 24.4. The SMILES string of the molecule is CCCOC1C(OCC(C)NO)COC1(c1cc(OC)c(OC)c(OC)c1)c1ccccc1S(=O)(=O)CCC. The topological polar surface area (TPSA) is 122 Å². The van der Waals surface area contributed by atoms with Crippen molar-refractivity contribution in [2.75, 3.05) is 46.9 Å². The Hall–Kier alpha value is -2.41. The van der Waals surface area contributed by atoms with Gasteiger partial charge >= 0.3 is 0 Å². The summed E-state index contributed by atoms with van der Waals surface area (Å²) in [7, 11) is 0.883. The van der Waals surface area contributed by atoms with Gasteiger partial charge in [-0.3, -0.25) is 0 Å². The van der Waals surface area contributed by atoms with Gasteiger partial charge in [-0.25, -0.2) is 13.9 Å². The van der Waals surface area contributed by atoms with Crippen LogP contribution in [0.15, 0.2) is 41.3 Å². The lowest BCUT2D eigenvalue weighted by Crippen LogP contribution is -2.46. The highest BCUT2D eigenvalue weighted by Crippen LogP contribution is 2.51. The number of hydroxylamine groups is 1. The maximum Gasteiger partial charge on any atom is 0.203 e. The number of hydrogen-bond donors (Lipinski definition) is 2. The molecule has 0 spiro atoms. The summed E-state index contributed by atoms with van der Waals surface area (Å²) >= 11 is 0. The largest absolute Gasteiger partial charge is 0.493 e. The fourth-order valence-corrected chi connectivity index (χ4v) is 6.51. The molecule has 4 unspecified atom stereocenters. The standard InChI is InChI=1S/C28H41NO9S/c1-7-13-36-27-24(37-17-19(3)29-30)18-38-28(27,20-15-22(33-4)26(35-6)23(16-20)34-5)21-11-9-10-12-25(21)39(31,32)14-8-2/h9-12,15-16,19,24,27,29-30H,7-8,13-14,17-18H2,1-6H3. The second kappa shape index (κ2) is 13.8. The van der Waals surface area contributed by atoms with E-state index in [0.717, 1.165) is 6.42 Å². The molecule has 4 atom stereocenters. The molecule has 1 aliphatic rings. The van der Waals surface area contributed by atoms with Crippen molar-refractivity contribution in [2.24, 2.45) is 0 Å². The number of benzene rings is 2. The minimum Gasteiger partial charge on any atom is -0.493 e. The van der Waals surface area contributed by atoms with Crippen LogP contribution in [-0.4, -0.2) is 78.8 Å². The average molecular weight is 568 g/mol. The van der Waals surface area contributed by atoms with Crippen LogP contribution in [-0.2, 0) is 29.6 Å². The fourth-order valence-electron chi connectivity index (χ4n) is 4.91. The van der Waals surface area contributed by atoms with E-state index in [2.05, 4.69) is 5.48 Å². The van der Waals surface area contributed by atoms with Crippen molar-refractivity contribution in [3.05, 3.63) is 47.5 Å². The summed E-state index contributed by atoms with van der Waals surface area (Å²) in [5.74, 6) is 1.15. The molecular formula is C28H41NO9S. The summed E-state index contributed by atoms with van der Waals surface area (Å²) in [6.45, 7) is 6.27. The summed E-state index contributed by atoms with van der Waals surface area (Å²) in [5.41, 5.74) is 1.79. The maximum absolute atomic E-state index is 13.6. The van der Waals surface area contributed by atoms with Gasteiger partial charge in [0, 0.05) is 12.2 Å².